The van der Waals surface area contributed by atoms with E-state index in [0.29, 0.717) is 12.0 Å². The summed E-state index contributed by atoms with van der Waals surface area (Å²) in [4.78, 5) is 7.15. The number of aromatic nitrogens is 2. The van der Waals surface area contributed by atoms with Gasteiger partial charge in [0.1, 0.15) is 5.82 Å². The van der Waals surface area contributed by atoms with Crippen molar-refractivity contribution in [1.29, 1.82) is 0 Å². The fourth-order valence-electron chi connectivity index (χ4n) is 3.32. The van der Waals surface area contributed by atoms with Gasteiger partial charge in [-0.1, -0.05) is 27.2 Å². The van der Waals surface area contributed by atoms with Crippen LogP contribution in [0.4, 0.5) is 5.13 Å². The normalized spacial score (nSPS) is 31.6. The second-order valence-corrected chi connectivity index (χ2v) is 7.80. The summed E-state index contributed by atoms with van der Waals surface area (Å²) in [5, 5.41) is 1.09. The van der Waals surface area contributed by atoms with Gasteiger partial charge in [0.25, 0.3) is 0 Å². The fraction of sp³-hybridized carbons (Fsp3) is 0.857. The topological polar surface area (TPSA) is 55.0 Å². The summed E-state index contributed by atoms with van der Waals surface area (Å²) < 4.78 is 4.53. The Morgan fingerprint density at radius 2 is 2.05 bits per heavy atom. The molecule has 1 aromatic heterocycles. The first-order valence-corrected chi connectivity index (χ1v) is 8.07. The smallest absolute Gasteiger partial charge is 0.205 e. The molecule has 1 aromatic rings. The van der Waals surface area contributed by atoms with Crippen molar-refractivity contribution in [3.8, 4) is 0 Å². The van der Waals surface area contributed by atoms with E-state index in [0.717, 1.165) is 30.0 Å². The zero-order valence-electron chi connectivity index (χ0n) is 12.1. The Morgan fingerprint density at radius 3 is 2.68 bits per heavy atom. The summed E-state index contributed by atoms with van der Waals surface area (Å²) in [5.41, 5.74) is 6.31. The number of nitrogens with zero attached hydrogens (tertiary/aromatic N) is 3. The number of hydrogen-bond donors (Lipinski definition) is 1. The van der Waals surface area contributed by atoms with Crippen LogP contribution in [0.3, 0.4) is 0 Å². The predicted octanol–water partition coefficient (Wildman–Crippen LogP) is 2.40. The van der Waals surface area contributed by atoms with Gasteiger partial charge in [0.05, 0.1) is 0 Å². The van der Waals surface area contributed by atoms with Crippen molar-refractivity contribution in [2.75, 3.05) is 18.0 Å². The van der Waals surface area contributed by atoms with Gasteiger partial charge in [0, 0.05) is 36.1 Å². The molecule has 3 unspecified atom stereocenters. The maximum Gasteiger partial charge on any atom is 0.205 e. The second kappa shape index (κ2) is 4.70. The summed E-state index contributed by atoms with van der Waals surface area (Å²) in [6.45, 7) is 8.69. The third-order valence-corrected chi connectivity index (χ3v) is 5.29. The van der Waals surface area contributed by atoms with Crippen molar-refractivity contribution in [3.63, 3.8) is 0 Å². The van der Waals surface area contributed by atoms with Crippen LogP contribution in [-0.4, -0.2) is 28.5 Å². The number of anilines is 1. The minimum Gasteiger partial charge on any atom is -0.346 e. The Labute approximate surface area is 119 Å². The maximum atomic E-state index is 6.28. The van der Waals surface area contributed by atoms with Crippen molar-refractivity contribution in [1.82, 2.24) is 9.36 Å². The summed E-state index contributed by atoms with van der Waals surface area (Å²) in [6, 6.07) is 0.388. The van der Waals surface area contributed by atoms with Gasteiger partial charge in [-0.25, -0.2) is 4.98 Å². The van der Waals surface area contributed by atoms with E-state index in [1.54, 1.807) is 11.5 Å². The number of fused-ring (bicyclic) bond motifs is 1. The van der Waals surface area contributed by atoms with Crippen LogP contribution in [0.15, 0.2) is 0 Å². The van der Waals surface area contributed by atoms with Gasteiger partial charge >= 0.3 is 0 Å². The van der Waals surface area contributed by atoms with E-state index >= 15 is 0 Å². The molecule has 3 atom stereocenters. The Balaban J connectivity index is 1.75. The lowest BCUT2D eigenvalue weighted by molar-refractivity contribution is 0.260. The molecular weight excluding hydrogens is 256 g/mol. The molecule has 106 valence electrons. The minimum atomic E-state index is 0.0393. The van der Waals surface area contributed by atoms with Gasteiger partial charge in [-0.2, -0.15) is 4.37 Å². The number of hydrogen-bond acceptors (Lipinski definition) is 5. The first-order chi connectivity index (χ1) is 8.95. The van der Waals surface area contributed by atoms with E-state index in [2.05, 4.69) is 30.0 Å². The Hall–Kier alpha value is -0.680. The van der Waals surface area contributed by atoms with Crippen LogP contribution in [0.1, 0.15) is 45.9 Å². The lowest BCUT2D eigenvalue weighted by Crippen LogP contribution is -2.38. The van der Waals surface area contributed by atoms with Gasteiger partial charge in [-0.15, -0.1) is 0 Å². The first-order valence-electron chi connectivity index (χ1n) is 7.30. The fourth-order valence-corrected chi connectivity index (χ4v) is 4.20. The van der Waals surface area contributed by atoms with Crippen molar-refractivity contribution in [3.05, 3.63) is 5.82 Å². The second-order valence-electron chi connectivity index (χ2n) is 7.07. The van der Waals surface area contributed by atoms with Crippen molar-refractivity contribution in [2.45, 2.75) is 51.5 Å². The highest BCUT2D eigenvalue weighted by atomic mass is 32.1. The van der Waals surface area contributed by atoms with Crippen molar-refractivity contribution < 1.29 is 0 Å². The third-order valence-electron chi connectivity index (χ3n) is 4.51. The maximum absolute atomic E-state index is 6.28. The van der Waals surface area contributed by atoms with Crippen molar-refractivity contribution >= 4 is 16.7 Å². The molecule has 19 heavy (non-hydrogen) atoms. The Kier molecular flexibility index (Phi) is 3.29. The summed E-state index contributed by atoms with van der Waals surface area (Å²) in [6.07, 6.45) is 3.82. The molecule has 5 heteroatoms. The van der Waals surface area contributed by atoms with Gasteiger partial charge in [0.2, 0.25) is 5.13 Å². The van der Waals surface area contributed by atoms with Crippen LogP contribution < -0.4 is 10.6 Å². The zero-order valence-corrected chi connectivity index (χ0v) is 12.9. The number of nitrogens with two attached hydrogens (primary N) is 1. The van der Waals surface area contributed by atoms with Crippen LogP contribution in [0.5, 0.6) is 0 Å². The molecule has 2 N–H and O–H groups in total. The molecule has 1 aliphatic carbocycles. The van der Waals surface area contributed by atoms with E-state index < -0.39 is 0 Å². The van der Waals surface area contributed by atoms with E-state index in [9.17, 15) is 0 Å². The molecule has 2 heterocycles. The molecule has 0 spiro atoms. The molecule has 0 aromatic carbocycles. The molecule has 0 radical (unpaired) electrons. The molecule has 3 rings (SSSR count). The molecule has 1 saturated carbocycles. The average Bonchev–Trinajstić information content (AvgIpc) is 2.94. The summed E-state index contributed by atoms with van der Waals surface area (Å²) in [5.74, 6) is 2.40. The monoisotopic (exact) mass is 280 g/mol. The van der Waals surface area contributed by atoms with Crippen LogP contribution in [0.25, 0.3) is 0 Å². The van der Waals surface area contributed by atoms with E-state index in [1.807, 2.05) is 0 Å². The summed E-state index contributed by atoms with van der Waals surface area (Å²) >= 11 is 1.54. The SMILES string of the molecule is CC(C)(C)c1nsc(N2CC3CCCC(N)C3C2)n1. The minimum absolute atomic E-state index is 0.0393. The zero-order chi connectivity index (χ0) is 13.6. The molecule has 1 aliphatic heterocycles. The molecule has 0 amide bonds. The van der Waals surface area contributed by atoms with Crippen LogP contribution in [-0.2, 0) is 5.41 Å². The molecule has 4 nitrogen and oxygen atoms in total. The van der Waals surface area contributed by atoms with E-state index in [4.69, 9.17) is 10.7 Å². The molecule has 2 aliphatic rings. The van der Waals surface area contributed by atoms with Crippen LogP contribution in [0.2, 0.25) is 0 Å². The van der Waals surface area contributed by atoms with Gasteiger partial charge < -0.3 is 10.6 Å². The Bertz CT molecular complexity index is 451. The van der Waals surface area contributed by atoms with Crippen LogP contribution in [0, 0.1) is 11.8 Å². The van der Waals surface area contributed by atoms with Gasteiger partial charge in [0.15, 0.2) is 0 Å². The predicted molar refractivity (Wildman–Crippen MR) is 79.6 cm³/mol. The quantitative estimate of drug-likeness (QED) is 0.858. The average molecular weight is 280 g/mol. The summed E-state index contributed by atoms with van der Waals surface area (Å²) in [7, 11) is 0. The lowest BCUT2D eigenvalue weighted by atomic mass is 9.78. The standard InChI is InChI=1S/C14H24N4S/c1-14(2,3)12-16-13(19-17-12)18-7-9-5-4-6-11(15)10(9)8-18/h9-11H,4-8,15H2,1-3H3. The molecular formula is C14H24N4S. The number of rotatable bonds is 1. The first kappa shape index (κ1) is 13.3. The lowest BCUT2D eigenvalue weighted by Gasteiger charge is -2.29. The van der Waals surface area contributed by atoms with Gasteiger partial charge in [-0.3, -0.25) is 0 Å². The largest absolute Gasteiger partial charge is 0.346 e. The van der Waals surface area contributed by atoms with E-state index in [1.165, 1.54) is 19.3 Å². The highest BCUT2D eigenvalue weighted by molar-refractivity contribution is 7.09. The highest BCUT2D eigenvalue weighted by Gasteiger charge is 2.39. The van der Waals surface area contributed by atoms with E-state index in [-0.39, 0.29) is 5.41 Å². The molecule has 2 fully saturated rings. The van der Waals surface area contributed by atoms with Crippen molar-refractivity contribution in [2.24, 2.45) is 17.6 Å². The highest BCUT2D eigenvalue weighted by Crippen LogP contribution is 2.38. The molecule has 1 saturated heterocycles. The Morgan fingerprint density at radius 1 is 1.26 bits per heavy atom. The third kappa shape index (κ3) is 2.50. The van der Waals surface area contributed by atoms with Crippen LogP contribution >= 0.6 is 11.5 Å². The molecule has 0 bridgehead atoms. The van der Waals surface area contributed by atoms with Gasteiger partial charge in [-0.05, 0) is 24.7 Å².